The summed E-state index contributed by atoms with van der Waals surface area (Å²) in [6.07, 6.45) is 5.62. The van der Waals surface area contributed by atoms with Crippen LogP contribution >= 0.6 is 11.9 Å². The second-order valence-electron chi connectivity index (χ2n) is 6.33. The SMILES string of the molecule is CSN1CCC2CCC(C)N2C(=O)C(NC(=O)CN(C)C=O)C1. The zero-order valence-electron chi connectivity index (χ0n) is 14.0. The van der Waals surface area contributed by atoms with Crippen molar-refractivity contribution in [3.05, 3.63) is 0 Å². The third-order valence-electron chi connectivity index (χ3n) is 4.60. The van der Waals surface area contributed by atoms with Crippen LogP contribution < -0.4 is 5.32 Å². The molecule has 3 amide bonds. The molecule has 0 aromatic rings. The van der Waals surface area contributed by atoms with Gasteiger partial charge in [0.2, 0.25) is 18.2 Å². The minimum Gasteiger partial charge on any atom is -0.342 e. The van der Waals surface area contributed by atoms with E-state index in [-0.39, 0.29) is 30.4 Å². The lowest BCUT2D eigenvalue weighted by Gasteiger charge is -2.37. The summed E-state index contributed by atoms with van der Waals surface area (Å²) in [7, 11) is 1.54. The highest BCUT2D eigenvalue weighted by molar-refractivity contribution is 7.96. The van der Waals surface area contributed by atoms with E-state index in [1.165, 1.54) is 4.90 Å². The molecule has 23 heavy (non-hydrogen) atoms. The molecule has 2 fully saturated rings. The van der Waals surface area contributed by atoms with Gasteiger partial charge in [-0.1, -0.05) is 11.9 Å². The topological polar surface area (TPSA) is 73.0 Å². The van der Waals surface area contributed by atoms with Gasteiger partial charge in [-0.25, -0.2) is 4.31 Å². The highest BCUT2D eigenvalue weighted by Gasteiger charge is 2.40. The fourth-order valence-electron chi connectivity index (χ4n) is 3.38. The maximum Gasteiger partial charge on any atom is 0.247 e. The average Bonchev–Trinajstić information content (AvgIpc) is 2.88. The molecular weight excluding hydrogens is 316 g/mol. The molecule has 0 aromatic heterocycles. The Labute approximate surface area is 141 Å². The lowest BCUT2D eigenvalue weighted by molar-refractivity contribution is -0.140. The van der Waals surface area contributed by atoms with Crippen molar-refractivity contribution in [3.8, 4) is 0 Å². The molecule has 0 radical (unpaired) electrons. The van der Waals surface area contributed by atoms with Gasteiger partial charge in [0.15, 0.2) is 0 Å². The fourth-order valence-corrected chi connectivity index (χ4v) is 3.96. The molecule has 0 bridgehead atoms. The number of hydrogen-bond donors (Lipinski definition) is 1. The van der Waals surface area contributed by atoms with E-state index < -0.39 is 6.04 Å². The summed E-state index contributed by atoms with van der Waals surface area (Å²) in [4.78, 5) is 38.9. The maximum absolute atomic E-state index is 12.9. The summed E-state index contributed by atoms with van der Waals surface area (Å²) in [6.45, 7) is 3.44. The van der Waals surface area contributed by atoms with E-state index in [9.17, 15) is 14.4 Å². The molecule has 2 heterocycles. The van der Waals surface area contributed by atoms with E-state index >= 15 is 0 Å². The molecule has 3 atom stereocenters. The minimum atomic E-state index is -0.557. The molecule has 2 aliphatic heterocycles. The molecule has 0 spiro atoms. The first-order valence-corrected chi connectivity index (χ1v) is 9.20. The number of likely N-dealkylation sites (N-methyl/N-ethyl adjacent to an activating group) is 1. The van der Waals surface area contributed by atoms with Gasteiger partial charge in [0, 0.05) is 32.2 Å². The largest absolute Gasteiger partial charge is 0.342 e. The Morgan fingerprint density at radius 1 is 1.43 bits per heavy atom. The van der Waals surface area contributed by atoms with Crippen LogP contribution in [-0.4, -0.2) is 83.4 Å². The lowest BCUT2D eigenvalue weighted by Crippen LogP contribution is -2.58. The number of carbonyl (C=O) groups is 3. The first kappa shape index (κ1) is 18.1. The number of carbonyl (C=O) groups excluding carboxylic acids is 3. The van der Waals surface area contributed by atoms with Gasteiger partial charge in [-0.2, -0.15) is 0 Å². The Morgan fingerprint density at radius 2 is 2.17 bits per heavy atom. The van der Waals surface area contributed by atoms with Crippen molar-refractivity contribution in [3.63, 3.8) is 0 Å². The second kappa shape index (κ2) is 8.01. The van der Waals surface area contributed by atoms with Crippen molar-refractivity contribution < 1.29 is 14.4 Å². The predicted molar refractivity (Wildman–Crippen MR) is 89.7 cm³/mol. The molecule has 0 aromatic carbocycles. The van der Waals surface area contributed by atoms with Crippen LogP contribution in [0.25, 0.3) is 0 Å². The van der Waals surface area contributed by atoms with Crippen LogP contribution in [0.3, 0.4) is 0 Å². The van der Waals surface area contributed by atoms with Crippen molar-refractivity contribution >= 4 is 30.2 Å². The molecule has 3 unspecified atom stereocenters. The van der Waals surface area contributed by atoms with Gasteiger partial charge in [0.1, 0.15) is 6.04 Å². The molecule has 2 rings (SSSR count). The smallest absolute Gasteiger partial charge is 0.247 e. The Kier molecular flexibility index (Phi) is 6.29. The van der Waals surface area contributed by atoms with Crippen molar-refractivity contribution in [2.75, 3.05) is 32.9 Å². The summed E-state index contributed by atoms with van der Waals surface area (Å²) in [5, 5.41) is 2.81. The second-order valence-corrected chi connectivity index (χ2v) is 7.21. The fraction of sp³-hybridized carbons (Fsp3) is 0.800. The Bertz CT molecular complexity index is 462. The zero-order chi connectivity index (χ0) is 17.0. The van der Waals surface area contributed by atoms with Crippen molar-refractivity contribution in [2.45, 2.75) is 44.3 Å². The number of rotatable bonds is 5. The minimum absolute atomic E-state index is 0.000793. The third kappa shape index (κ3) is 4.38. The van der Waals surface area contributed by atoms with Crippen LogP contribution in [0.1, 0.15) is 26.2 Å². The maximum atomic E-state index is 12.9. The average molecular weight is 342 g/mol. The molecule has 0 aliphatic carbocycles. The quantitative estimate of drug-likeness (QED) is 0.559. The summed E-state index contributed by atoms with van der Waals surface area (Å²) in [5.41, 5.74) is 0. The number of nitrogens with one attached hydrogen (secondary N) is 1. The van der Waals surface area contributed by atoms with Gasteiger partial charge in [-0.15, -0.1) is 0 Å². The molecule has 2 saturated heterocycles. The van der Waals surface area contributed by atoms with Crippen LogP contribution in [0.15, 0.2) is 0 Å². The van der Waals surface area contributed by atoms with E-state index in [0.717, 1.165) is 25.8 Å². The number of hydrogen-bond acceptors (Lipinski definition) is 5. The first-order chi connectivity index (χ1) is 11.0. The molecule has 130 valence electrons. The van der Waals surface area contributed by atoms with Gasteiger partial charge in [-0.3, -0.25) is 14.4 Å². The van der Waals surface area contributed by atoms with E-state index in [2.05, 4.69) is 16.5 Å². The summed E-state index contributed by atoms with van der Waals surface area (Å²) < 4.78 is 2.13. The van der Waals surface area contributed by atoms with E-state index in [4.69, 9.17) is 0 Å². The van der Waals surface area contributed by atoms with Crippen molar-refractivity contribution in [1.82, 2.24) is 19.4 Å². The molecule has 8 heteroatoms. The predicted octanol–water partition coefficient (Wildman–Crippen LogP) is -0.0774. The van der Waals surface area contributed by atoms with Crippen molar-refractivity contribution in [2.24, 2.45) is 0 Å². The summed E-state index contributed by atoms with van der Waals surface area (Å²) in [5.74, 6) is -0.302. The highest BCUT2D eigenvalue weighted by Crippen LogP contribution is 2.29. The van der Waals surface area contributed by atoms with E-state index in [1.54, 1.807) is 19.0 Å². The van der Waals surface area contributed by atoms with Gasteiger partial charge < -0.3 is 15.1 Å². The Balaban J connectivity index is 2.10. The van der Waals surface area contributed by atoms with Crippen LogP contribution in [0.5, 0.6) is 0 Å². The lowest BCUT2D eigenvalue weighted by atomic mass is 10.1. The molecule has 2 aliphatic rings. The Morgan fingerprint density at radius 3 is 2.83 bits per heavy atom. The number of nitrogens with zero attached hydrogens (tertiary/aromatic N) is 3. The summed E-state index contributed by atoms with van der Waals surface area (Å²) >= 11 is 1.60. The standard InChI is InChI=1S/C15H26N4O3S/c1-11-4-5-12-6-7-18(23-3)8-13(15(22)19(11)12)16-14(21)9-17(2)10-20/h10-13H,4-9H2,1-3H3,(H,16,21). The van der Waals surface area contributed by atoms with E-state index in [0.29, 0.717) is 13.0 Å². The van der Waals surface area contributed by atoms with Crippen molar-refractivity contribution in [1.29, 1.82) is 0 Å². The molecule has 7 nitrogen and oxygen atoms in total. The molecule has 1 N–H and O–H groups in total. The normalized spacial score (nSPS) is 28.7. The third-order valence-corrected chi connectivity index (χ3v) is 5.45. The summed E-state index contributed by atoms with van der Waals surface area (Å²) in [6, 6.07) is -0.0618. The van der Waals surface area contributed by atoms with Gasteiger partial charge in [0.05, 0.1) is 6.54 Å². The molecular formula is C15H26N4O3S. The zero-order valence-corrected chi connectivity index (χ0v) is 14.8. The van der Waals surface area contributed by atoms with Crippen LogP contribution in [0, 0.1) is 0 Å². The Hall–Kier alpha value is -1.28. The van der Waals surface area contributed by atoms with Crippen LogP contribution in [0.4, 0.5) is 0 Å². The van der Waals surface area contributed by atoms with Gasteiger partial charge >= 0.3 is 0 Å². The first-order valence-electron chi connectivity index (χ1n) is 8.02. The number of fused-ring (bicyclic) bond motifs is 1. The van der Waals surface area contributed by atoms with Gasteiger partial charge in [-0.05, 0) is 32.4 Å². The monoisotopic (exact) mass is 342 g/mol. The van der Waals surface area contributed by atoms with Crippen LogP contribution in [0.2, 0.25) is 0 Å². The highest BCUT2D eigenvalue weighted by atomic mass is 32.2. The molecule has 0 saturated carbocycles. The van der Waals surface area contributed by atoms with E-state index in [1.807, 2.05) is 11.2 Å². The van der Waals surface area contributed by atoms with Crippen LogP contribution in [-0.2, 0) is 14.4 Å². The number of amides is 3. The van der Waals surface area contributed by atoms with Gasteiger partial charge in [0.25, 0.3) is 0 Å².